The van der Waals surface area contributed by atoms with Gasteiger partial charge < -0.3 is 15.8 Å². The number of ether oxygens (including phenoxy) is 1. The molecule has 0 amide bonds. The first-order valence-electron chi connectivity index (χ1n) is 6.49. The van der Waals surface area contributed by atoms with Crippen LogP contribution in [0.15, 0.2) is 12.1 Å². The number of hydrogen-bond acceptors (Lipinski definition) is 3. The summed E-state index contributed by atoms with van der Waals surface area (Å²) in [4.78, 5) is 0. The van der Waals surface area contributed by atoms with Crippen LogP contribution in [0.5, 0.6) is 0 Å². The minimum atomic E-state index is -0.735. The Morgan fingerprint density at radius 1 is 1.42 bits per heavy atom. The Bertz CT molecular complexity index is 477. The molecule has 3 nitrogen and oxygen atoms in total. The van der Waals surface area contributed by atoms with E-state index in [1.165, 1.54) is 6.07 Å². The molecule has 5 heteroatoms. The second-order valence-electron chi connectivity index (χ2n) is 5.55. The van der Waals surface area contributed by atoms with Gasteiger partial charge in [-0.2, -0.15) is 0 Å². The summed E-state index contributed by atoms with van der Waals surface area (Å²) in [6.45, 7) is 6.76. The van der Waals surface area contributed by atoms with Crippen molar-refractivity contribution < 1.29 is 13.5 Å². The molecular formula is C14H20F2N2O. The first-order chi connectivity index (χ1) is 8.86. The normalized spacial score (nSPS) is 24.9. The SMILES string of the molecule is CCOC1CC(Nc2cc(F)cc(F)c2N)C1(C)C. The van der Waals surface area contributed by atoms with E-state index < -0.39 is 11.6 Å². The van der Waals surface area contributed by atoms with Crippen molar-refractivity contribution in [1.82, 2.24) is 0 Å². The standard InChI is InChI=1S/C14H20F2N2O/c1-4-19-12-7-11(14(12,2)3)18-10-6-8(15)5-9(16)13(10)17/h5-6,11-12,18H,4,7,17H2,1-3H3. The third-order valence-corrected chi connectivity index (χ3v) is 3.97. The number of anilines is 2. The van der Waals surface area contributed by atoms with E-state index in [2.05, 4.69) is 19.2 Å². The molecule has 106 valence electrons. The van der Waals surface area contributed by atoms with Crippen LogP contribution >= 0.6 is 0 Å². The van der Waals surface area contributed by atoms with Gasteiger partial charge in [0.2, 0.25) is 0 Å². The molecule has 1 aliphatic rings. The van der Waals surface area contributed by atoms with Gasteiger partial charge in [-0.15, -0.1) is 0 Å². The zero-order chi connectivity index (χ0) is 14.2. The Morgan fingerprint density at radius 3 is 2.68 bits per heavy atom. The maximum atomic E-state index is 13.4. The summed E-state index contributed by atoms with van der Waals surface area (Å²) in [5, 5.41) is 3.12. The van der Waals surface area contributed by atoms with E-state index in [4.69, 9.17) is 10.5 Å². The quantitative estimate of drug-likeness (QED) is 0.826. The van der Waals surface area contributed by atoms with Crippen molar-refractivity contribution in [2.45, 2.75) is 39.3 Å². The number of nitrogens with two attached hydrogens (primary N) is 1. The predicted molar refractivity (Wildman–Crippen MR) is 72.0 cm³/mol. The number of benzene rings is 1. The topological polar surface area (TPSA) is 47.3 Å². The molecule has 0 bridgehead atoms. The number of hydrogen-bond donors (Lipinski definition) is 2. The average molecular weight is 270 g/mol. The molecule has 1 fully saturated rings. The second-order valence-corrected chi connectivity index (χ2v) is 5.55. The first-order valence-corrected chi connectivity index (χ1v) is 6.49. The van der Waals surface area contributed by atoms with Gasteiger partial charge in [-0.3, -0.25) is 0 Å². The molecule has 0 heterocycles. The summed E-state index contributed by atoms with van der Waals surface area (Å²) in [6, 6.07) is 2.10. The molecule has 2 rings (SSSR count). The smallest absolute Gasteiger partial charge is 0.151 e. The van der Waals surface area contributed by atoms with Gasteiger partial charge in [0.05, 0.1) is 17.5 Å². The molecule has 2 atom stereocenters. The highest BCUT2D eigenvalue weighted by molar-refractivity contribution is 5.67. The molecule has 0 radical (unpaired) electrons. The van der Waals surface area contributed by atoms with Crippen molar-refractivity contribution in [3.05, 3.63) is 23.8 Å². The third kappa shape index (κ3) is 2.52. The summed E-state index contributed by atoms with van der Waals surface area (Å²) in [5.74, 6) is -1.37. The molecule has 0 aliphatic heterocycles. The zero-order valence-electron chi connectivity index (χ0n) is 11.5. The van der Waals surface area contributed by atoms with Crippen LogP contribution in [0, 0.1) is 17.0 Å². The summed E-state index contributed by atoms with van der Waals surface area (Å²) in [7, 11) is 0. The highest BCUT2D eigenvalue weighted by Gasteiger charge is 2.49. The van der Waals surface area contributed by atoms with Gasteiger partial charge in [0, 0.05) is 24.1 Å². The minimum absolute atomic E-state index is 0.0444. The van der Waals surface area contributed by atoms with Gasteiger partial charge in [0.1, 0.15) is 5.82 Å². The van der Waals surface area contributed by atoms with Crippen LogP contribution in [0.1, 0.15) is 27.2 Å². The largest absolute Gasteiger partial charge is 0.395 e. The lowest BCUT2D eigenvalue weighted by Crippen LogP contribution is -2.58. The van der Waals surface area contributed by atoms with E-state index in [1.807, 2.05) is 6.92 Å². The number of rotatable bonds is 4. The number of nitrogens with one attached hydrogen (secondary N) is 1. The van der Waals surface area contributed by atoms with Gasteiger partial charge in [-0.25, -0.2) is 8.78 Å². The predicted octanol–water partition coefficient (Wildman–Crippen LogP) is 3.16. The van der Waals surface area contributed by atoms with E-state index >= 15 is 0 Å². The monoisotopic (exact) mass is 270 g/mol. The van der Waals surface area contributed by atoms with Gasteiger partial charge in [0.15, 0.2) is 5.82 Å². The van der Waals surface area contributed by atoms with Crippen molar-refractivity contribution in [3.8, 4) is 0 Å². The average Bonchev–Trinajstić information content (AvgIpc) is 2.33. The molecule has 19 heavy (non-hydrogen) atoms. The van der Waals surface area contributed by atoms with Crippen LogP contribution < -0.4 is 11.1 Å². The zero-order valence-corrected chi connectivity index (χ0v) is 11.5. The fourth-order valence-corrected chi connectivity index (χ4v) is 2.51. The molecular weight excluding hydrogens is 250 g/mol. The Labute approximate surface area is 112 Å². The lowest BCUT2D eigenvalue weighted by Gasteiger charge is -2.52. The number of halogens is 2. The van der Waals surface area contributed by atoms with Crippen LogP contribution in [0.2, 0.25) is 0 Å². The van der Waals surface area contributed by atoms with E-state index in [0.29, 0.717) is 12.3 Å². The lowest BCUT2D eigenvalue weighted by molar-refractivity contribution is -0.0975. The lowest BCUT2D eigenvalue weighted by atomic mass is 9.64. The highest BCUT2D eigenvalue weighted by atomic mass is 19.1. The van der Waals surface area contributed by atoms with Crippen molar-refractivity contribution in [1.29, 1.82) is 0 Å². The molecule has 0 spiro atoms. The molecule has 1 aliphatic carbocycles. The maximum Gasteiger partial charge on any atom is 0.151 e. The minimum Gasteiger partial charge on any atom is -0.395 e. The Kier molecular flexibility index (Phi) is 3.67. The van der Waals surface area contributed by atoms with Crippen LogP contribution in [-0.4, -0.2) is 18.8 Å². The molecule has 2 unspecified atom stereocenters. The van der Waals surface area contributed by atoms with Gasteiger partial charge >= 0.3 is 0 Å². The fourth-order valence-electron chi connectivity index (χ4n) is 2.51. The van der Waals surface area contributed by atoms with Gasteiger partial charge in [-0.05, 0) is 19.4 Å². The van der Waals surface area contributed by atoms with Crippen LogP contribution in [0.25, 0.3) is 0 Å². The Hall–Kier alpha value is -1.36. The van der Waals surface area contributed by atoms with Crippen LogP contribution in [0.3, 0.4) is 0 Å². The third-order valence-electron chi connectivity index (χ3n) is 3.97. The van der Waals surface area contributed by atoms with Crippen LogP contribution in [-0.2, 0) is 4.74 Å². The van der Waals surface area contributed by atoms with Crippen molar-refractivity contribution in [3.63, 3.8) is 0 Å². The highest BCUT2D eigenvalue weighted by Crippen LogP contribution is 2.45. The first kappa shape index (κ1) is 14.1. The van der Waals surface area contributed by atoms with Crippen molar-refractivity contribution >= 4 is 11.4 Å². The molecule has 1 aromatic carbocycles. The fraction of sp³-hybridized carbons (Fsp3) is 0.571. The summed E-state index contributed by atoms with van der Waals surface area (Å²) >= 11 is 0. The maximum absolute atomic E-state index is 13.4. The molecule has 0 aromatic heterocycles. The van der Waals surface area contributed by atoms with Crippen molar-refractivity contribution in [2.24, 2.45) is 5.41 Å². The summed E-state index contributed by atoms with van der Waals surface area (Å²) in [6.07, 6.45) is 0.966. The van der Waals surface area contributed by atoms with Crippen molar-refractivity contribution in [2.75, 3.05) is 17.7 Å². The molecule has 1 aromatic rings. The molecule has 1 saturated carbocycles. The van der Waals surface area contributed by atoms with E-state index in [-0.39, 0.29) is 23.2 Å². The van der Waals surface area contributed by atoms with E-state index in [0.717, 1.165) is 12.5 Å². The van der Waals surface area contributed by atoms with E-state index in [1.54, 1.807) is 0 Å². The Balaban J connectivity index is 2.12. The van der Waals surface area contributed by atoms with Crippen LogP contribution in [0.4, 0.5) is 20.2 Å². The van der Waals surface area contributed by atoms with E-state index in [9.17, 15) is 8.78 Å². The van der Waals surface area contributed by atoms with Gasteiger partial charge in [0.25, 0.3) is 0 Å². The molecule has 0 saturated heterocycles. The van der Waals surface area contributed by atoms with Gasteiger partial charge in [-0.1, -0.05) is 13.8 Å². The summed E-state index contributed by atoms with van der Waals surface area (Å²) in [5.41, 5.74) is 5.80. The summed E-state index contributed by atoms with van der Waals surface area (Å²) < 4.78 is 32.2. The molecule has 3 N–H and O–H groups in total. The number of nitrogen functional groups attached to an aromatic ring is 1. The second kappa shape index (κ2) is 4.96. The Morgan fingerprint density at radius 2 is 2.11 bits per heavy atom.